The van der Waals surface area contributed by atoms with E-state index in [1.165, 1.54) is 25.2 Å². The molecule has 0 aromatic heterocycles. The Morgan fingerprint density at radius 3 is 2.62 bits per heavy atom. The third kappa shape index (κ3) is 1.99. The fraction of sp³-hybridized carbons (Fsp3) is 0.438. The van der Waals surface area contributed by atoms with E-state index >= 15 is 0 Å². The highest BCUT2D eigenvalue weighted by atomic mass is 19.1. The lowest BCUT2D eigenvalue weighted by molar-refractivity contribution is -0.156. The van der Waals surface area contributed by atoms with Crippen molar-refractivity contribution in [3.8, 4) is 0 Å². The van der Waals surface area contributed by atoms with Crippen LogP contribution in [0.5, 0.6) is 0 Å². The van der Waals surface area contributed by atoms with Gasteiger partial charge in [-0.3, -0.25) is 19.8 Å². The molecule has 2 amide bonds. The topological polar surface area (TPSA) is 95.9 Å². The molecule has 7 nitrogen and oxygen atoms in total. The van der Waals surface area contributed by atoms with Gasteiger partial charge in [0.2, 0.25) is 11.8 Å². The molecule has 1 aromatic carbocycles. The number of likely N-dealkylation sites (tertiary alicyclic amines) is 1. The van der Waals surface area contributed by atoms with E-state index in [1.54, 1.807) is 6.07 Å². The Bertz CT molecular complexity index is 724. The summed E-state index contributed by atoms with van der Waals surface area (Å²) in [5, 5.41) is 12.7. The van der Waals surface area contributed by atoms with Crippen LogP contribution in [-0.2, 0) is 19.1 Å². The van der Waals surface area contributed by atoms with E-state index in [0.29, 0.717) is 0 Å². The molecule has 0 spiro atoms. The summed E-state index contributed by atoms with van der Waals surface area (Å²) in [6.07, 6.45) is 0. The summed E-state index contributed by atoms with van der Waals surface area (Å²) in [7, 11) is 2.43. The maximum atomic E-state index is 14.2. The van der Waals surface area contributed by atoms with E-state index in [1.807, 2.05) is 0 Å². The summed E-state index contributed by atoms with van der Waals surface area (Å²) < 4.78 is 19.0. The molecule has 1 aromatic rings. The standard InChI is InChI=1S/C16H17FN2O5/c1-19-13(21)10-11(14(19)22)16(7-20,15(23)24-2)18-12(10)8-5-3-4-6-9(8)17/h3-6,10-12,18,20H,7H2,1-2H3/t10-,11+,12-,16-/m1/s1. The number of imide groups is 1. The number of carbonyl (C=O) groups excluding carboxylic acids is 3. The van der Waals surface area contributed by atoms with E-state index < -0.39 is 53.6 Å². The van der Waals surface area contributed by atoms with Gasteiger partial charge < -0.3 is 9.84 Å². The molecule has 24 heavy (non-hydrogen) atoms. The zero-order chi connectivity index (χ0) is 17.6. The molecule has 2 aliphatic heterocycles. The first-order chi connectivity index (χ1) is 11.4. The minimum Gasteiger partial charge on any atom is -0.468 e. The quantitative estimate of drug-likeness (QED) is 0.576. The number of esters is 1. The first-order valence-electron chi connectivity index (χ1n) is 7.42. The van der Waals surface area contributed by atoms with Gasteiger partial charge in [-0.15, -0.1) is 0 Å². The number of ether oxygens (including phenoxy) is 1. The number of aliphatic hydroxyl groups is 1. The number of hydrogen-bond acceptors (Lipinski definition) is 6. The first-order valence-corrected chi connectivity index (χ1v) is 7.42. The van der Waals surface area contributed by atoms with Crippen molar-refractivity contribution in [2.75, 3.05) is 20.8 Å². The van der Waals surface area contributed by atoms with Gasteiger partial charge in [-0.1, -0.05) is 18.2 Å². The molecule has 8 heteroatoms. The maximum Gasteiger partial charge on any atom is 0.329 e. The maximum absolute atomic E-state index is 14.2. The zero-order valence-corrected chi connectivity index (χ0v) is 13.2. The second-order valence-corrected chi connectivity index (χ2v) is 6.00. The fourth-order valence-electron chi connectivity index (χ4n) is 3.72. The summed E-state index contributed by atoms with van der Waals surface area (Å²) in [4.78, 5) is 38.2. The molecular formula is C16H17FN2O5. The van der Waals surface area contributed by atoms with Crippen LogP contribution in [-0.4, -0.2) is 54.1 Å². The Morgan fingerprint density at radius 2 is 2.04 bits per heavy atom. The monoisotopic (exact) mass is 336 g/mol. The van der Waals surface area contributed by atoms with Crippen molar-refractivity contribution in [1.82, 2.24) is 10.2 Å². The van der Waals surface area contributed by atoms with Crippen molar-refractivity contribution in [2.45, 2.75) is 11.6 Å². The van der Waals surface area contributed by atoms with Crippen molar-refractivity contribution in [2.24, 2.45) is 11.8 Å². The molecular weight excluding hydrogens is 319 g/mol. The molecule has 2 saturated heterocycles. The molecule has 0 aliphatic carbocycles. The van der Waals surface area contributed by atoms with Crippen LogP contribution in [0.4, 0.5) is 4.39 Å². The number of methoxy groups -OCH3 is 1. The van der Waals surface area contributed by atoms with Gasteiger partial charge in [0.15, 0.2) is 5.54 Å². The molecule has 2 fully saturated rings. The van der Waals surface area contributed by atoms with E-state index in [-0.39, 0.29) is 5.56 Å². The number of carbonyl (C=O) groups is 3. The lowest BCUT2D eigenvalue weighted by atomic mass is 9.79. The van der Waals surface area contributed by atoms with Crippen molar-refractivity contribution >= 4 is 17.8 Å². The summed E-state index contributed by atoms with van der Waals surface area (Å²) in [5.41, 5.74) is -1.63. The Balaban J connectivity index is 2.17. The Kier molecular flexibility index (Phi) is 3.89. The molecule has 3 rings (SSSR count). The Hall–Kier alpha value is -2.32. The summed E-state index contributed by atoms with van der Waals surface area (Å²) >= 11 is 0. The van der Waals surface area contributed by atoms with Crippen LogP contribution in [0.25, 0.3) is 0 Å². The van der Waals surface area contributed by atoms with E-state index in [4.69, 9.17) is 4.74 Å². The molecule has 2 N–H and O–H groups in total. The normalized spacial score (nSPS) is 32.2. The third-order valence-electron chi connectivity index (χ3n) is 4.91. The van der Waals surface area contributed by atoms with E-state index in [2.05, 4.69) is 5.32 Å². The molecule has 2 aliphatic rings. The van der Waals surface area contributed by atoms with Gasteiger partial charge in [-0.05, 0) is 6.07 Å². The minimum atomic E-state index is -1.79. The van der Waals surface area contributed by atoms with Gasteiger partial charge >= 0.3 is 5.97 Å². The Labute approximate surface area is 137 Å². The number of benzene rings is 1. The van der Waals surface area contributed by atoms with Crippen molar-refractivity contribution in [1.29, 1.82) is 0 Å². The minimum absolute atomic E-state index is 0.156. The number of nitrogens with one attached hydrogen (secondary N) is 1. The predicted molar refractivity (Wildman–Crippen MR) is 78.9 cm³/mol. The molecule has 0 radical (unpaired) electrons. The van der Waals surface area contributed by atoms with Crippen LogP contribution in [0, 0.1) is 17.7 Å². The van der Waals surface area contributed by atoms with Crippen molar-refractivity contribution in [3.63, 3.8) is 0 Å². The van der Waals surface area contributed by atoms with Gasteiger partial charge in [0.25, 0.3) is 0 Å². The summed E-state index contributed by atoms with van der Waals surface area (Å²) in [6, 6.07) is 4.87. The van der Waals surface area contributed by atoms with Gasteiger partial charge in [0, 0.05) is 18.7 Å². The molecule has 2 heterocycles. The van der Waals surface area contributed by atoms with Crippen molar-refractivity contribution < 1.29 is 28.6 Å². The number of fused-ring (bicyclic) bond motifs is 1. The molecule has 128 valence electrons. The molecule has 0 saturated carbocycles. The molecule has 0 bridgehead atoms. The largest absolute Gasteiger partial charge is 0.468 e. The SMILES string of the molecule is COC(=O)[C@]1(CO)N[C@H](c2ccccc2F)[C@@H]2C(=O)N(C)C(=O)[C@H]21. The number of nitrogens with zero attached hydrogens (tertiary/aromatic N) is 1. The van der Waals surface area contributed by atoms with Gasteiger partial charge in [0.05, 0.1) is 25.6 Å². The average molecular weight is 336 g/mol. The van der Waals surface area contributed by atoms with E-state index in [0.717, 1.165) is 12.0 Å². The average Bonchev–Trinajstić information content (AvgIpc) is 3.05. The lowest BCUT2D eigenvalue weighted by Crippen LogP contribution is -2.58. The van der Waals surface area contributed by atoms with Crippen LogP contribution in [0.3, 0.4) is 0 Å². The Morgan fingerprint density at radius 1 is 1.38 bits per heavy atom. The van der Waals surface area contributed by atoms with Crippen LogP contribution >= 0.6 is 0 Å². The second-order valence-electron chi connectivity index (χ2n) is 6.00. The highest BCUT2D eigenvalue weighted by molar-refractivity contribution is 6.09. The van der Waals surface area contributed by atoms with Gasteiger partial charge in [-0.2, -0.15) is 0 Å². The summed E-state index contributed by atoms with van der Waals surface area (Å²) in [5.74, 6) is -4.71. The fourth-order valence-corrected chi connectivity index (χ4v) is 3.72. The van der Waals surface area contributed by atoms with Crippen LogP contribution in [0.15, 0.2) is 24.3 Å². The third-order valence-corrected chi connectivity index (χ3v) is 4.91. The van der Waals surface area contributed by atoms with Crippen LogP contribution in [0.2, 0.25) is 0 Å². The predicted octanol–water partition coefficient (Wildman–Crippen LogP) is -0.395. The van der Waals surface area contributed by atoms with Gasteiger partial charge in [-0.25, -0.2) is 9.18 Å². The highest BCUT2D eigenvalue weighted by Gasteiger charge is 2.68. The smallest absolute Gasteiger partial charge is 0.329 e. The zero-order valence-electron chi connectivity index (χ0n) is 13.2. The number of rotatable bonds is 3. The molecule has 4 atom stereocenters. The lowest BCUT2D eigenvalue weighted by Gasteiger charge is -2.29. The van der Waals surface area contributed by atoms with Crippen molar-refractivity contribution in [3.05, 3.63) is 35.6 Å². The van der Waals surface area contributed by atoms with E-state index in [9.17, 15) is 23.9 Å². The van der Waals surface area contributed by atoms with Gasteiger partial charge in [0.1, 0.15) is 5.82 Å². The summed E-state index contributed by atoms with van der Waals surface area (Å²) in [6.45, 7) is -0.751. The highest BCUT2D eigenvalue weighted by Crippen LogP contribution is 2.48. The number of aliphatic hydroxyl groups excluding tert-OH is 1. The number of amides is 2. The second kappa shape index (κ2) is 5.64. The van der Waals surface area contributed by atoms with Crippen LogP contribution in [0.1, 0.15) is 11.6 Å². The number of halogens is 1. The van der Waals surface area contributed by atoms with Crippen LogP contribution < -0.4 is 5.32 Å². The number of hydrogen-bond donors (Lipinski definition) is 2. The first kappa shape index (κ1) is 16.5. The molecule has 0 unspecified atom stereocenters.